The highest BCUT2D eigenvalue weighted by atomic mass is 32.1. The lowest BCUT2D eigenvalue weighted by Gasteiger charge is -2.29. The average Bonchev–Trinajstić information content (AvgIpc) is 2.37. The Kier molecular flexibility index (Phi) is 5.69. The van der Waals surface area contributed by atoms with Crippen molar-refractivity contribution < 1.29 is 4.79 Å². The molecule has 1 aromatic rings. The van der Waals surface area contributed by atoms with Gasteiger partial charge in [-0.3, -0.25) is 9.78 Å². The molecule has 0 atom stereocenters. The molecule has 3 N–H and O–H groups in total. The minimum atomic E-state index is -0.195. The van der Waals surface area contributed by atoms with Crippen molar-refractivity contribution in [3.05, 3.63) is 24.0 Å². The summed E-state index contributed by atoms with van der Waals surface area (Å²) >= 11 is 4.91. The highest BCUT2D eigenvalue weighted by Gasteiger charge is 2.13. The minimum absolute atomic E-state index is 0.195. The van der Waals surface area contributed by atoms with E-state index in [1.807, 2.05) is 6.07 Å². The highest BCUT2D eigenvalue weighted by molar-refractivity contribution is 7.80. The van der Waals surface area contributed by atoms with Crippen LogP contribution >= 0.6 is 12.2 Å². The number of amides is 1. The van der Waals surface area contributed by atoms with Gasteiger partial charge in [0.1, 0.15) is 5.69 Å². The van der Waals surface area contributed by atoms with Crippen LogP contribution in [0, 0.1) is 0 Å². The number of carbonyl (C=O) groups is 1. The molecule has 0 fully saturated rings. The maximum absolute atomic E-state index is 11.6. The van der Waals surface area contributed by atoms with Crippen LogP contribution in [0.5, 0.6) is 0 Å². The summed E-state index contributed by atoms with van der Waals surface area (Å²) in [5, 5.41) is 2.57. The summed E-state index contributed by atoms with van der Waals surface area (Å²) in [4.78, 5) is 18.3. The molecule has 1 amide bonds. The summed E-state index contributed by atoms with van der Waals surface area (Å²) in [7, 11) is 1.59. The Labute approximate surface area is 119 Å². The van der Waals surface area contributed by atoms with Crippen molar-refractivity contribution in [2.75, 3.05) is 18.5 Å². The number of nitrogens with two attached hydrogens (primary N) is 1. The van der Waals surface area contributed by atoms with Gasteiger partial charge in [-0.2, -0.15) is 0 Å². The maximum atomic E-state index is 11.6. The number of nitrogens with one attached hydrogen (secondary N) is 1. The van der Waals surface area contributed by atoms with Crippen molar-refractivity contribution in [1.82, 2.24) is 10.3 Å². The van der Waals surface area contributed by atoms with Gasteiger partial charge >= 0.3 is 0 Å². The van der Waals surface area contributed by atoms with Crippen molar-refractivity contribution in [1.29, 1.82) is 0 Å². The van der Waals surface area contributed by atoms with E-state index in [1.165, 1.54) is 0 Å². The predicted octanol–water partition coefficient (Wildman–Crippen LogP) is 1.33. The number of anilines is 1. The molecule has 1 rings (SSSR count). The molecule has 0 aromatic carbocycles. The largest absolute Gasteiger partial charge is 0.393 e. The third kappa shape index (κ3) is 4.48. The van der Waals surface area contributed by atoms with Gasteiger partial charge in [-0.05, 0) is 26.0 Å². The topological polar surface area (TPSA) is 71.2 Å². The third-order valence-electron chi connectivity index (χ3n) is 2.76. The van der Waals surface area contributed by atoms with Crippen LogP contribution in [0.25, 0.3) is 0 Å². The molecule has 0 saturated carbocycles. The number of thiocarbonyl (C=S) groups is 1. The van der Waals surface area contributed by atoms with E-state index in [9.17, 15) is 4.79 Å². The Balaban J connectivity index is 2.96. The zero-order chi connectivity index (χ0) is 14.4. The van der Waals surface area contributed by atoms with Gasteiger partial charge < -0.3 is 16.0 Å². The summed E-state index contributed by atoms with van der Waals surface area (Å²) < 4.78 is 0. The van der Waals surface area contributed by atoms with Gasteiger partial charge in [-0.15, -0.1) is 0 Å². The fraction of sp³-hybridized carbons (Fsp3) is 0.462. The van der Waals surface area contributed by atoms with Crippen molar-refractivity contribution in [3.8, 4) is 0 Å². The first kappa shape index (κ1) is 15.4. The molecule has 0 aliphatic heterocycles. The molecule has 0 radical (unpaired) electrons. The van der Waals surface area contributed by atoms with E-state index < -0.39 is 0 Å². The first-order chi connectivity index (χ1) is 8.95. The van der Waals surface area contributed by atoms with Crippen molar-refractivity contribution in [2.45, 2.75) is 26.3 Å². The summed E-state index contributed by atoms with van der Waals surface area (Å²) in [5.41, 5.74) is 6.89. The lowest BCUT2D eigenvalue weighted by Crippen LogP contribution is -2.34. The second-order valence-electron chi connectivity index (χ2n) is 4.48. The molecule has 19 heavy (non-hydrogen) atoms. The van der Waals surface area contributed by atoms with Crippen LogP contribution in [-0.2, 0) is 0 Å². The molecule has 1 heterocycles. The molecule has 1 aromatic heterocycles. The smallest absolute Gasteiger partial charge is 0.269 e. The van der Waals surface area contributed by atoms with E-state index in [0.29, 0.717) is 17.1 Å². The second kappa shape index (κ2) is 7.04. The number of aromatic nitrogens is 1. The average molecular weight is 280 g/mol. The summed E-state index contributed by atoms with van der Waals surface area (Å²) in [5.74, 6) is -0.195. The number of hydrogen-bond acceptors (Lipinski definition) is 4. The van der Waals surface area contributed by atoms with E-state index in [2.05, 4.69) is 29.0 Å². The Morgan fingerprint density at radius 1 is 1.58 bits per heavy atom. The third-order valence-corrected chi connectivity index (χ3v) is 2.96. The Hall–Kier alpha value is -1.69. The molecular weight excluding hydrogens is 260 g/mol. The van der Waals surface area contributed by atoms with Crippen LogP contribution in [0.1, 0.15) is 30.8 Å². The fourth-order valence-corrected chi connectivity index (χ4v) is 1.86. The summed E-state index contributed by atoms with van der Waals surface area (Å²) in [6, 6.07) is 3.94. The van der Waals surface area contributed by atoms with Crippen molar-refractivity contribution in [3.63, 3.8) is 0 Å². The van der Waals surface area contributed by atoms with E-state index in [1.54, 1.807) is 19.3 Å². The number of rotatable bonds is 6. The number of pyridine rings is 1. The van der Waals surface area contributed by atoms with Crippen LogP contribution in [0.15, 0.2) is 18.3 Å². The maximum Gasteiger partial charge on any atom is 0.269 e. The first-order valence-electron chi connectivity index (χ1n) is 6.18. The molecule has 0 spiro atoms. The number of nitrogens with zero attached hydrogens (tertiary/aromatic N) is 2. The van der Waals surface area contributed by atoms with E-state index in [4.69, 9.17) is 18.0 Å². The number of hydrogen-bond donors (Lipinski definition) is 2. The van der Waals surface area contributed by atoms with Gasteiger partial charge in [0.05, 0.1) is 4.99 Å². The van der Waals surface area contributed by atoms with E-state index in [0.717, 1.165) is 12.2 Å². The SMILES string of the molecule is CNC(=O)c1cc(N(CCC(N)=S)C(C)C)ccn1. The monoisotopic (exact) mass is 280 g/mol. The Bertz CT molecular complexity index is 462. The van der Waals surface area contributed by atoms with Crippen molar-refractivity contribution in [2.24, 2.45) is 5.73 Å². The highest BCUT2D eigenvalue weighted by Crippen LogP contribution is 2.18. The van der Waals surface area contributed by atoms with Crippen LogP contribution in [0.4, 0.5) is 5.69 Å². The summed E-state index contributed by atoms with van der Waals surface area (Å²) in [6.45, 7) is 4.89. The van der Waals surface area contributed by atoms with Crippen LogP contribution in [-0.4, -0.2) is 35.5 Å². The Morgan fingerprint density at radius 2 is 2.26 bits per heavy atom. The predicted molar refractivity (Wildman–Crippen MR) is 81.5 cm³/mol. The zero-order valence-electron chi connectivity index (χ0n) is 11.5. The van der Waals surface area contributed by atoms with Crippen LogP contribution < -0.4 is 16.0 Å². The van der Waals surface area contributed by atoms with Gasteiger partial charge in [0.15, 0.2) is 0 Å². The van der Waals surface area contributed by atoms with Gasteiger partial charge in [-0.1, -0.05) is 12.2 Å². The van der Waals surface area contributed by atoms with E-state index >= 15 is 0 Å². The standard InChI is InChI=1S/C13H20N4OS/c1-9(2)17(7-5-12(14)19)10-4-6-16-11(8-10)13(18)15-3/h4,6,8-9H,5,7H2,1-3H3,(H2,14,19)(H,15,18). The van der Waals surface area contributed by atoms with Crippen LogP contribution in [0.2, 0.25) is 0 Å². The molecule has 0 bridgehead atoms. The molecule has 0 saturated heterocycles. The molecule has 0 unspecified atom stereocenters. The van der Waals surface area contributed by atoms with Crippen molar-refractivity contribution >= 4 is 28.8 Å². The number of carbonyl (C=O) groups excluding carboxylic acids is 1. The van der Waals surface area contributed by atoms with Gasteiger partial charge in [0.25, 0.3) is 5.91 Å². The fourth-order valence-electron chi connectivity index (χ4n) is 1.77. The molecular formula is C13H20N4OS. The second-order valence-corrected chi connectivity index (χ2v) is 5.01. The van der Waals surface area contributed by atoms with E-state index in [-0.39, 0.29) is 11.9 Å². The normalized spacial score (nSPS) is 10.3. The summed E-state index contributed by atoms with van der Waals surface area (Å²) in [6.07, 6.45) is 2.28. The Morgan fingerprint density at radius 3 is 2.79 bits per heavy atom. The van der Waals surface area contributed by atoms with Gasteiger partial charge in [0, 0.05) is 37.9 Å². The molecule has 104 valence electrons. The molecule has 5 nitrogen and oxygen atoms in total. The molecule has 6 heteroatoms. The lowest BCUT2D eigenvalue weighted by atomic mass is 10.2. The van der Waals surface area contributed by atoms with Gasteiger partial charge in [-0.25, -0.2) is 0 Å². The first-order valence-corrected chi connectivity index (χ1v) is 6.59. The minimum Gasteiger partial charge on any atom is -0.393 e. The quantitative estimate of drug-likeness (QED) is 0.769. The van der Waals surface area contributed by atoms with Crippen LogP contribution in [0.3, 0.4) is 0 Å². The molecule has 0 aliphatic carbocycles. The zero-order valence-corrected chi connectivity index (χ0v) is 12.3. The van der Waals surface area contributed by atoms with Gasteiger partial charge in [0.2, 0.25) is 0 Å². The lowest BCUT2D eigenvalue weighted by molar-refractivity contribution is 0.0958. The molecule has 0 aliphatic rings.